The molecule has 0 aliphatic rings. The summed E-state index contributed by atoms with van der Waals surface area (Å²) in [5.41, 5.74) is 1.31. The van der Waals surface area contributed by atoms with Gasteiger partial charge in [-0.25, -0.2) is 0 Å². The molecule has 0 unspecified atom stereocenters. The second-order valence-electron chi connectivity index (χ2n) is 2.90. The predicted octanol–water partition coefficient (Wildman–Crippen LogP) is 4.59. The van der Waals surface area contributed by atoms with Crippen molar-refractivity contribution < 1.29 is 0 Å². The highest BCUT2D eigenvalue weighted by molar-refractivity contribution is 7.98. The molecule has 0 amide bonds. The average Bonchev–Trinajstić information content (AvgIpc) is 2.47. The lowest BCUT2D eigenvalue weighted by Gasteiger charge is -2.01. The Balaban J connectivity index is 2.76. The van der Waals surface area contributed by atoms with Crippen LogP contribution in [0, 0.1) is 6.92 Å². The zero-order valence-electron chi connectivity index (χ0n) is 7.43. The molecule has 1 aromatic carbocycles. The van der Waals surface area contributed by atoms with Crippen LogP contribution in [-0.4, -0.2) is 6.26 Å². The number of halogens is 1. The molecule has 0 saturated carbocycles. The third-order valence-corrected chi connectivity index (χ3v) is 4.31. The standard InChI is InChI=1S/C10H9ClS2/c1-6-3-7-8(11)5-13-10(7)4-9(6)12-2/h3-5H,1-2H3. The topological polar surface area (TPSA) is 0 Å². The van der Waals surface area contributed by atoms with E-state index in [1.165, 1.54) is 20.5 Å². The maximum Gasteiger partial charge on any atom is 0.0591 e. The maximum atomic E-state index is 6.04. The van der Waals surface area contributed by atoms with Gasteiger partial charge in [0.1, 0.15) is 0 Å². The van der Waals surface area contributed by atoms with Crippen molar-refractivity contribution >= 4 is 44.8 Å². The van der Waals surface area contributed by atoms with Crippen molar-refractivity contribution in [2.45, 2.75) is 11.8 Å². The molecular weight excluding hydrogens is 220 g/mol. The fourth-order valence-electron chi connectivity index (χ4n) is 1.35. The van der Waals surface area contributed by atoms with Gasteiger partial charge in [0.2, 0.25) is 0 Å². The minimum absolute atomic E-state index is 0.871. The molecule has 68 valence electrons. The number of thioether (sulfide) groups is 1. The van der Waals surface area contributed by atoms with Crippen LogP contribution in [-0.2, 0) is 0 Å². The molecule has 2 aromatic rings. The molecule has 0 N–H and O–H groups in total. The van der Waals surface area contributed by atoms with Crippen molar-refractivity contribution in [1.29, 1.82) is 0 Å². The molecule has 2 rings (SSSR count). The van der Waals surface area contributed by atoms with Gasteiger partial charge in [-0.2, -0.15) is 0 Å². The van der Waals surface area contributed by atoms with Crippen LogP contribution in [0.3, 0.4) is 0 Å². The normalized spacial score (nSPS) is 11.0. The molecule has 0 aliphatic heterocycles. The first-order valence-electron chi connectivity index (χ1n) is 3.93. The lowest BCUT2D eigenvalue weighted by molar-refractivity contribution is 1.34. The molecule has 13 heavy (non-hydrogen) atoms. The summed E-state index contributed by atoms with van der Waals surface area (Å²) in [5, 5.41) is 4.05. The Bertz CT molecular complexity index is 445. The number of thiophene rings is 1. The molecule has 0 fully saturated rings. The highest BCUT2D eigenvalue weighted by Crippen LogP contribution is 2.34. The zero-order chi connectivity index (χ0) is 9.42. The maximum absolute atomic E-state index is 6.04. The Labute approximate surface area is 90.9 Å². The summed E-state index contributed by atoms with van der Waals surface area (Å²) < 4.78 is 1.28. The van der Waals surface area contributed by atoms with Gasteiger partial charge >= 0.3 is 0 Å². The molecule has 0 aliphatic carbocycles. The van der Waals surface area contributed by atoms with E-state index < -0.39 is 0 Å². The van der Waals surface area contributed by atoms with Gasteiger partial charge in [-0.1, -0.05) is 11.6 Å². The first-order chi connectivity index (χ1) is 6.22. The van der Waals surface area contributed by atoms with Crippen molar-refractivity contribution in [3.63, 3.8) is 0 Å². The summed E-state index contributed by atoms with van der Waals surface area (Å²) in [4.78, 5) is 1.34. The van der Waals surface area contributed by atoms with Gasteiger partial charge in [0, 0.05) is 20.4 Å². The van der Waals surface area contributed by atoms with Gasteiger partial charge in [0.15, 0.2) is 0 Å². The summed E-state index contributed by atoms with van der Waals surface area (Å²) in [6, 6.07) is 4.38. The summed E-state index contributed by atoms with van der Waals surface area (Å²) in [5.74, 6) is 0. The van der Waals surface area contributed by atoms with Gasteiger partial charge in [0.25, 0.3) is 0 Å². The van der Waals surface area contributed by atoms with Crippen molar-refractivity contribution in [2.75, 3.05) is 6.26 Å². The second-order valence-corrected chi connectivity index (χ2v) is 5.07. The monoisotopic (exact) mass is 228 g/mol. The first kappa shape index (κ1) is 9.38. The molecule has 0 atom stereocenters. The molecule has 1 aromatic heterocycles. The number of aryl methyl sites for hydroxylation is 1. The van der Waals surface area contributed by atoms with Crippen molar-refractivity contribution in [3.8, 4) is 0 Å². The molecule has 0 nitrogen and oxygen atoms in total. The van der Waals surface area contributed by atoms with E-state index in [0.29, 0.717) is 0 Å². The lowest BCUT2D eigenvalue weighted by atomic mass is 10.2. The van der Waals surface area contributed by atoms with Crippen molar-refractivity contribution in [1.82, 2.24) is 0 Å². The fraction of sp³-hybridized carbons (Fsp3) is 0.200. The van der Waals surface area contributed by atoms with Gasteiger partial charge in [-0.05, 0) is 30.9 Å². The highest BCUT2D eigenvalue weighted by Gasteiger charge is 2.05. The fourth-order valence-corrected chi connectivity index (χ4v) is 3.23. The van der Waals surface area contributed by atoms with Crippen LogP contribution in [0.25, 0.3) is 10.1 Å². The molecule has 1 heterocycles. The van der Waals surface area contributed by atoms with E-state index >= 15 is 0 Å². The van der Waals surface area contributed by atoms with Crippen LogP contribution >= 0.6 is 34.7 Å². The van der Waals surface area contributed by atoms with Gasteiger partial charge < -0.3 is 0 Å². The Morgan fingerprint density at radius 3 is 2.85 bits per heavy atom. The summed E-state index contributed by atoms with van der Waals surface area (Å²) in [6.07, 6.45) is 2.10. The Kier molecular flexibility index (Phi) is 2.54. The van der Waals surface area contributed by atoms with E-state index in [-0.39, 0.29) is 0 Å². The molecule has 0 radical (unpaired) electrons. The first-order valence-corrected chi connectivity index (χ1v) is 6.42. The van der Waals surface area contributed by atoms with E-state index in [1.807, 2.05) is 5.38 Å². The quantitative estimate of drug-likeness (QED) is 0.644. The van der Waals surface area contributed by atoms with Crippen LogP contribution in [0.5, 0.6) is 0 Å². The van der Waals surface area contributed by atoms with Gasteiger partial charge in [0.05, 0.1) is 5.02 Å². The number of hydrogen-bond acceptors (Lipinski definition) is 2. The largest absolute Gasteiger partial charge is 0.142 e. The number of hydrogen-bond donors (Lipinski definition) is 0. The van der Waals surface area contributed by atoms with Crippen LogP contribution in [0.15, 0.2) is 22.4 Å². The Morgan fingerprint density at radius 2 is 2.15 bits per heavy atom. The zero-order valence-corrected chi connectivity index (χ0v) is 9.82. The molecule has 3 heteroatoms. The summed E-state index contributed by atoms with van der Waals surface area (Å²) in [7, 11) is 0. The summed E-state index contributed by atoms with van der Waals surface area (Å²) in [6.45, 7) is 2.12. The minimum Gasteiger partial charge on any atom is -0.142 e. The average molecular weight is 229 g/mol. The second kappa shape index (κ2) is 3.52. The van der Waals surface area contributed by atoms with Crippen LogP contribution in [0.4, 0.5) is 0 Å². The number of rotatable bonds is 1. The predicted molar refractivity (Wildman–Crippen MR) is 63.4 cm³/mol. The van der Waals surface area contributed by atoms with Gasteiger partial charge in [-0.3, -0.25) is 0 Å². The molecule has 0 saturated heterocycles. The third-order valence-electron chi connectivity index (χ3n) is 2.04. The minimum atomic E-state index is 0.871. The molecular formula is C10H9ClS2. The Morgan fingerprint density at radius 1 is 1.38 bits per heavy atom. The molecule has 0 bridgehead atoms. The van der Waals surface area contributed by atoms with E-state index in [2.05, 4.69) is 25.3 Å². The Hall–Kier alpha value is -0.180. The van der Waals surface area contributed by atoms with Crippen LogP contribution in [0.2, 0.25) is 5.02 Å². The summed E-state index contributed by atoms with van der Waals surface area (Å²) >= 11 is 9.53. The third kappa shape index (κ3) is 1.58. The van der Waals surface area contributed by atoms with Crippen molar-refractivity contribution in [2.24, 2.45) is 0 Å². The van der Waals surface area contributed by atoms with Crippen molar-refractivity contribution in [3.05, 3.63) is 28.1 Å². The molecule has 0 spiro atoms. The van der Waals surface area contributed by atoms with Crippen LogP contribution < -0.4 is 0 Å². The van der Waals surface area contributed by atoms with E-state index in [1.54, 1.807) is 23.1 Å². The van der Waals surface area contributed by atoms with Gasteiger partial charge in [-0.15, -0.1) is 23.1 Å². The van der Waals surface area contributed by atoms with Crippen LogP contribution in [0.1, 0.15) is 5.56 Å². The highest BCUT2D eigenvalue weighted by atomic mass is 35.5. The lowest BCUT2D eigenvalue weighted by Crippen LogP contribution is -1.77. The smallest absolute Gasteiger partial charge is 0.0591 e. The SMILES string of the molecule is CSc1cc2scc(Cl)c2cc1C. The number of fused-ring (bicyclic) bond motifs is 1. The van der Waals surface area contributed by atoms with E-state index in [0.717, 1.165) is 5.02 Å². The van der Waals surface area contributed by atoms with E-state index in [9.17, 15) is 0 Å². The van der Waals surface area contributed by atoms with E-state index in [4.69, 9.17) is 11.6 Å². The number of benzene rings is 1.